The summed E-state index contributed by atoms with van der Waals surface area (Å²) in [6, 6.07) is 13.3. The van der Waals surface area contributed by atoms with Crippen molar-refractivity contribution >= 4 is 23.1 Å². The van der Waals surface area contributed by atoms with Gasteiger partial charge in [0, 0.05) is 50.5 Å². The zero-order chi connectivity index (χ0) is 19.2. The van der Waals surface area contributed by atoms with Crippen LogP contribution in [0.2, 0.25) is 0 Å². The Morgan fingerprint density at radius 2 is 1.89 bits per heavy atom. The molecule has 2 N–H and O–H groups in total. The number of benzene rings is 1. The second-order valence-electron chi connectivity index (χ2n) is 6.30. The molecular weight excluding hydrogens is 340 g/mol. The van der Waals surface area contributed by atoms with Gasteiger partial charge >= 0.3 is 0 Å². The minimum Gasteiger partial charge on any atom is -0.378 e. The van der Waals surface area contributed by atoms with E-state index < -0.39 is 0 Å². The van der Waals surface area contributed by atoms with Gasteiger partial charge in [0.1, 0.15) is 17.3 Å². The van der Waals surface area contributed by atoms with E-state index in [1.54, 1.807) is 25.4 Å². The number of carbonyl (C=O) groups is 1. The van der Waals surface area contributed by atoms with E-state index in [1.165, 1.54) is 0 Å². The molecule has 7 heteroatoms. The molecule has 2 aromatic heterocycles. The van der Waals surface area contributed by atoms with Crippen molar-refractivity contribution in [3.8, 4) is 0 Å². The molecule has 3 rings (SSSR count). The molecule has 138 valence electrons. The minimum absolute atomic E-state index is 0.254. The van der Waals surface area contributed by atoms with E-state index in [-0.39, 0.29) is 5.91 Å². The molecule has 0 fully saturated rings. The predicted octanol–water partition coefficient (Wildman–Crippen LogP) is 2.92. The third-order valence-corrected chi connectivity index (χ3v) is 3.90. The molecule has 27 heavy (non-hydrogen) atoms. The molecule has 0 spiro atoms. The van der Waals surface area contributed by atoms with E-state index in [0.717, 1.165) is 16.9 Å². The van der Waals surface area contributed by atoms with Gasteiger partial charge in [0.25, 0.3) is 5.91 Å². The van der Waals surface area contributed by atoms with Crippen LogP contribution in [0.5, 0.6) is 0 Å². The molecule has 0 aliphatic rings. The van der Waals surface area contributed by atoms with Gasteiger partial charge in [-0.1, -0.05) is 6.07 Å². The maximum atomic E-state index is 12.4. The number of anilines is 3. The number of hydrogen-bond donors (Lipinski definition) is 2. The highest BCUT2D eigenvalue weighted by Crippen LogP contribution is 2.19. The van der Waals surface area contributed by atoms with Crippen LogP contribution in [0.3, 0.4) is 0 Å². The molecule has 0 atom stereocenters. The maximum Gasteiger partial charge on any atom is 0.270 e. The molecule has 0 aliphatic heterocycles. The SMILES string of the molecule is Cc1nc(Nc2ccc(N(C)C)cc2)cc(C(=O)NCc2cccnc2)n1. The van der Waals surface area contributed by atoms with E-state index >= 15 is 0 Å². The first-order valence-electron chi connectivity index (χ1n) is 8.58. The minimum atomic E-state index is -0.254. The summed E-state index contributed by atoms with van der Waals surface area (Å²) in [4.78, 5) is 27.1. The summed E-state index contributed by atoms with van der Waals surface area (Å²) in [6.07, 6.45) is 3.41. The van der Waals surface area contributed by atoms with Crippen LogP contribution in [-0.2, 0) is 6.54 Å². The second-order valence-corrected chi connectivity index (χ2v) is 6.30. The Bertz CT molecular complexity index is 910. The zero-order valence-electron chi connectivity index (χ0n) is 15.6. The van der Waals surface area contributed by atoms with Crippen molar-refractivity contribution in [1.29, 1.82) is 0 Å². The Morgan fingerprint density at radius 3 is 2.56 bits per heavy atom. The van der Waals surface area contributed by atoms with Crippen LogP contribution >= 0.6 is 0 Å². The number of hydrogen-bond acceptors (Lipinski definition) is 6. The van der Waals surface area contributed by atoms with Gasteiger partial charge in [-0.15, -0.1) is 0 Å². The van der Waals surface area contributed by atoms with Crippen molar-refractivity contribution in [3.63, 3.8) is 0 Å². The number of aromatic nitrogens is 3. The van der Waals surface area contributed by atoms with Gasteiger partial charge < -0.3 is 15.5 Å². The number of aryl methyl sites for hydroxylation is 1. The van der Waals surface area contributed by atoms with Crippen LogP contribution in [0.25, 0.3) is 0 Å². The number of pyridine rings is 1. The first kappa shape index (κ1) is 18.3. The second kappa shape index (κ2) is 8.27. The molecule has 0 aliphatic carbocycles. The highest BCUT2D eigenvalue weighted by Gasteiger charge is 2.11. The molecule has 1 amide bonds. The largest absolute Gasteiger partial charge is 0.378 e. The van der Waals surface area contributed by atoms with Gasteiger partial charge in [0.05, 0.1) is 0 Å². The Balaban J connectivity index is 1.70. The van der Waals surface area contributed by atoms with Crippen LogP contribution in [0.1, 0.15) is 21.9 Å². The molecule has 0 radical (unpaired) electrons. The van der Waals surface area contributed by atoms with Gasteiger partial charge in [-0.05, 0) is 42.8 Å². The number of amides is 1. The maximum absolute atomic E-state index is 12.4. The Kier molecular flexibility index (Phi) is 5.61. The van der Waals surface area contributed by atoms with Gasteiger partial charge in [0.15, 0.2) is 0 Å². The van der Waals surface area contributed by atoms with E-state index in [0.29, 0.717) is 23.9 Å². The average Bonchev–Trinajstić information content (AvgIpc) is 2.67. The standard InChI is InChI=1S/C20H22N6O/c1-14-23-18(20(27)22-13-15-5-4-10-21-12-15)11-19(24-14)25-16-6-8-17(9-7-16)26(2)3/h4-12H,13H2,1-3H3,(H,22,27)(H,23,24,25). The quantitative estimate of drug-likeness (QED) is 0.702. The van der Waals surface area contributed by atoms with Gasteiger partial charge in [-0.3, -0.25) is 9.78 Å². The van der Waals surface area contributed by atoms with Gasteiger partial charge in [0.2, 0.25) is 0 Å². The van der Waals surface area contributed by atoms with Crippen LogP contribution in [0.15, 0.2) is 54.9 Å². The van der Waals surface area contributed by atoms with Crippen molar-refractivity contribution < 1.29 is 4.79 Å². The molecule has 7 nitrogen and oxygen atoms in total. The Labute approximate surface area is 158 Å². The van der Waals surface area contributed by atoms with Crippen molar-refractivity contribution in [1.82, 2.24) is 20.3 Å². The predicted molar refractivity (Wildman–Crippen MR) is 106 cm³/mol. The van der Waals surface area contributed by atoms with Crippen molar-refractivity contribution in [2.75, 3.05) is 24.3 Å². The fourth-order valence-corrected chi connectivity index (χ4v) is 2.51. The monoisotopic (exact) mass is 362 g/mol. The fourth-order valence-electron chi connectivity index (χ4n) is 2.51. The van der Waals surface area contributed by atoms with Crippen molar-refractivity contribution in [2.45, 2.75) is 13.5 Å². The lowest BCUT2D eigenvalue weighted by molar-refractivity contribution is 0.0945. The fraction of sp³-hybridized carbons (Fsp3) is 0.200. The van der Waals surface area contributed by atoms with Gasteiger partial charge in [-0.25, -0.2) is 9.97 Å². The summed E-state index contributed by atoms with van der Waals surface area (Å²) in [5.41, 5.74) is 3.24. The average molecular weight is 362 g/mol. The highest BCUT2D eigenvalue weighted by molar-refractivity contribution is 5.93. The van der Waals surface area contributed by atoms with Crippen LogP contribution < -0.4 is 15.5 Å². The summed E-state index contributed by atoms with van der Waals surface area (Å²) >= 11 is 0. The normalized spacial score (nSPS) is 10.3. The summed E-state index contributed by atoms with van der Waals surface area (Å²) in [7, 11) is 3.99. The third kappa shape index (κ3) is 5.01. The lowest BCUT2D eigenvalue weighted by Gasteiger charge is -2.13. The summed E-state index contributed by atoms with van der Waals surface area (Å²) in [6.45, 7) is 2.16. The molecule has 0 unspecified atom stereocenters. The van der Waals surface area contributed by atoms with E-state index in [1.807, 2.05) is 55.4 Å². The highest BCUT2D eigenvalue weighted by atomic mass is 16.1. The zero-order valence-corrected chi connectivity index (χ0v) is 15.6. The molecule has 0 saturated heterocycles. The van der Waals surface area contributed by atoms with E-state index in [4.69, 9.17) is 0 Å². The van der Waals surface area contributed by atoms with E-state index in [9.17, 15) is 4.79 Å². The smallest absolute Gasteiger partial charge is 0.270 e. The first-order chi connectivity index (χ1) is 13.0. The molecule has 2 heterocycles. The first-order valence-corrected chi connectivity index (χ1v) is 8.58. The van der Waals surface area contributed by atoms with Crippen LogP contribution in [0, 0.1) is 6.92 Å². The number of carbonyl (C=O) groups excluding carboxylic acids is 1. The molecule has 1 aromatic carbocycles. The van der Waals surface area contributed by atoms with Crippen molar-refractivity contribution in [3.05, 3.63) is 71.9 Å². The number of rotatable bonds is 6. The third-order valence-electron chi connectivity index (χ3n) is 3.90. The van der Waals surface area contributed by atoms with Crippen LogP contribution in [-0.4, -0.2) is 35.0 Å². The topological polar surface area (TPSA) is 83.0 Å². The lowest BCUT2D eigenvalue weighted by atomic mass is 10.2. The summed E-state index contributed by atoms with van der Waals surface area (Å²) < 4.78 is 0. The lowest BCUT2D eigenvalue weighted by Crippen LogP contribution is -2.24. The number of nitrogens with zero attached hydrogens (tertiary/aromatic N) is 4. The number of nitrogens with one attached hydrogen (secondary N) is 2. The molecule has 0 bridgehead atoms. The van der Waals surface area contributed by atoms with Gasteiger partial charge in [-0.2, -0.15) is 0 Å². The molecular formula is C20H22N6O. The molecule has 3 aromatic rings. The summed E-state index contributed by atoms with van der Waals surface area (Å²) in [5.74, 6) is 0.846. The molecule has 0 saturated carbocycles. The Hall–Kier alpha value is -3.48. The van der Waals surface area contributed by atoms with E-state index in [2.05, 4.69) is 25.6 Å². The van der Waals surface area contributed by atoms with Crippen molar-refractivity contribution in [2.24, 2.45) is 0 Å². The summed E-state index contributed by atoms with van der Waals surface area (Å²) in [5, 5.41) is 6.07. The van der Waals surface area contributed by atoms with Crippen LogP contribution in [0.4, 0.5) is 17.2 Å². The Morgan fingerprint density at radius 1 is 1.11 bits per heavy atom.